The number of nitrogens with one attached hydrogen (secondary N) is 1. The Bertz CT molecular complexity index is 965. The minimum absolute atomic E-state index is 0.171. The number of halogens is 3. The average Bonchev–Trinajstić information content (AvgIpc) is 2.60. The molecule has 2 aromatic carbocycles. The molecule has 0 fully saturated rings. The molecule has 3 nitrogen and oxygen atoms in total. The van der Waals surface area contributed by atoms with Crippen LogP contribution in [0.25, 0.3) is 10.8 Å². The van der Waals surface area contributed by atoms with Crippen LogP contribution in [0.3, 0.4) is 0 Å². The number of carbonyl (C=O) groups excluding carboxylic acids is 1. The molecule has 3 aromatic rings. The minimum atomic E-state index is -4.42. The molecule has 1 N–H and O–H groups in total. The van der Waals surface area contributed by atoms with E-state index in [1.54, 1.807) is 50.5 Å². The van der Waals surface area contributed by atoms with Gasteiger partial charge in [0, 0.05) is 29.0 Å². The molecule has 0 unspecified atom stereocenters. The highest BCUT2D eigenvalue weighted by Gasteiger charge is 2.31. The molecular formula is C20H17F3N2O. The van der Waals surface area contributed by atoms with E-state index < -0.39 is 11.7 Å². The number of fused-ring (bicyclic) bond motifs is 1. The number of nitrogens with zero attached hydrogens (tertiary/aromatic N) is 1. The van der Waals surface area contributed by atoms with E-state index in [2.05, 4.69) is 10.3 Å². The van der Waals surface area contributed by atoms with E-state index in [0.29, 0.717) is 16.8 Å². The predicted molar refractivity (Wildman–Crippen MR) is 95.2 cm³/mol. The van der Waals surface area contributed by atoms with Crippen molar-refractivity contribution in [1.82, 2.24) is 4.98 Å². The van der Waals surface area contributed by atoms with E-state index in [1.165, 1.54) is 6.07 Å². The largest absolute Gasteiger partial charge is 0.416 e. The highest BCUT2D eigenvalue weighted by atomic mass is 19.4. The second-order valence-corrected chi connectivity index (χ2v) is 6.35. The summed E-state index contributed by atoms with van der Waals surface area (Å²) in [7, 11) is 0. The molecule has 3 rings (SSSR count). The first kappa shape index (κ1) is 17.9. The van der Waals surface area contributed by atoms with E-state index >= 15 is 0 Å². The van der Waals surface area contributed by atoms with Crippen LogP contribution in [0, 0.1) is 0 Å². The molecule has 0 aliphatic heterocycles. The van der Waals surface area contributed by atoms with E-state index in [0.717, 1.165) is 22.9 Å². The fraction of sp³-hybridized carbons (Fsp3) is 0.200. The van der Waals surface area contributed by atoms with Crippen molar-refractivity contribution in [3.8, 4) is 0 Å². The molecule has 0 saturated heterocycles. The van der Waals surface area contributed by atoms with Crippen molar-refractivity contribution in [2.45, 2.75) is 25.9 Å². The number of alkyl halides is 3. The molecule has 0 aliphatic carbocycles. The van der Waals surface area contributed by atoms with E-state index in [4.69, 9.17) is 0 Å². The number of aromatic nitrogens is 1. The van der Waals surface area contributed by atoms with Gasteiger partial charge in [0.2, 0.25) is 0 Å². The predicted octanol–water partition coefficient (Wildman–Crippen LogP) is 5.63. The van der Waals surface area contributed by atoms with Gasteiger partial charge in [0.05, 0.1) is 5.56 Å². The minimum Gasteiger partial charge on any atom is -0.322 e. The fourth-order valence-corrected chi connectivity index (χ4v) is 2.75. The molecule has 0 spiro atoms. The lowest BCUT2D eigenvalue weighted by atomic mass is 9.98. The summed E-state index contributed by atoms with van der Waals surface area (Å²) in [5.41, 5.74) is 0.529. The molecule has 0 bridgehead atoms. The lowest BCUT2D eigenvalue weighted by Crippen LogP contribution is -2.15. The number of hydrogen-bond donors (Lipinski definition) is 1. The molecule has 0 aliphatic rings. The monoisotopic (exact) mass is 358 g/mol. The summed E-state index contributed by atoms with van der Waals surface area (Å²) in [6, 6.07) is 10.3. The van der Waals surface area contributed by atoms with Gasteiger partial charge in [-0.15, -0.1) is 0 Å². The number of hydrogen-bond acceptors (Lipinski definition) is 2. The Balaban J connectivity index is 1.92. The van der Waals surface area contributed by atoms with Crippen molar-refractivity contribution in [2.75, 3.05) is 5.32 Å². The maximum absolute atomic E-state index is 12.9. The third-order valence-corrected chi connectivity index (χ3v) is 4.15. The Morgan fingerprint density at radius 2 is 1.81 bits per heavy atom. The van der Waals surface area contributed by atoms with Crippen LogP contribution in [0.5, 0.6) is 0 Å². The van der Waals surface area contributed by atoms with Crippen LogP contribution in [0.4, 0.5) is 18.9 Å². The third kappa shape index (κ3) is 3.69. The Morgan fingerprint density at radius 1 is 1.04 bits per heavy atom. The molecule has 0 atom stereocenters. The van der Waals surface area contributed by atoms with Gasteiger partial charge < -0.3 is 5.32 Å². The van der Waals surface area contributed by atoms with Crippen LogP contribution < -0.4 is 5.32 Å². The lowest BCUT2D eigenvalue weighted by molar-refractivity contribution is -0.137. The molecule has 1 heterocycles. The van der Waals surface area contributed by atoms with E-state index in [1.807, 2.05) is 0 Å². The molecule has 1 aromatic heterocycles. The zero-order chi connectivity index (χ0) is 18.9. The molecular weight excluding hydrogens is 341 g/mol. The van der Waals surface area contributed by atoms with Gasteiger partial charge in [-0.3, -0.25) is 9.78 Å². The van der Waals surface area contributed by atoms with Crippen LogP contribution in [0.1, 0.15) is 41.3 Å². The standard InChI is InChI=1S/C20H17F3N2O/c1-12(2)17-10-16(20(21,22)23)5-6-18(17)25-19(26)14-3-4-15-11-24-8-7-13(15)9-14/h3-12H,1-2H3,(H,25,26). The van der Waals surface area contributed by atoms with E-state index in [9.17, 15) is 18.0 Å². The summed E-state index contributed by atoms with van der Waals surface area (Å²) >= 11 is 0. The number of amides is 1. The van der Waals surface area contributed by atoms with Crippen LogP contribution in [0.2, 0.25) is 0 Å². The zero-order valence-electron chi connectivity index (χ0n) is 14.3. The number of rotatable bonds is 3. The Hall–Kier alpha value is -2.89. The van der Waals surface area contributed by atoms with Crippen molar-refractivity contribution in [3.63, 3.8) is 0 Å². The number of anilines is 1. The first-order valence-corrected chi connectivity index (χ1v) is 8.12. The Kier molecular flexibility index (Phi) is 4.68. The quantitative estimate of drug-likeness (QED) is 0.659. The van der Waals surface area contributed by atoms with Gasteiger partial charge in [-0.2, -0.15) is 13.2 Å². The number of benzene rings is 2. The number of carbonyl (C=O) groups is 1. The molecule has 1 amide bonds. The summed E-state index contributed by atoms with van der Waals surface area (Å²) in [6.45, 7) is 3.57. The van der Waals surface area contributed by atoms with Gasteiger partial charge in [0.1, 0.15) is 0 Å². The highest BCUT2D eigenvalue weighted by Crippen LogP contribution is 2.34. The van der Waals surface area contributed by atoms with Crippen LogP contribution in [-0.4, -0.2) is 10.9 Å². The molecule has 26 heavy (non-hydrogen) atoms. The van der Waals surface area contributed by atoms with Crippen molar-refractivity contribution in [3.05, 3.63) is 71.5 Å². The van der Waals surface area contributed by atoms with Crippen molar-refractivity contribution in [2.24, 2.45) is 0 Å². The molecule has 0 radical (unpaired) electrons. The highest BCUT2D eigenvalue weighted by molar-refractivity contribution is 6.06. The van der Waals surface area contributed by atoms with Crippen molar-refractivity contribution in [1.29, 1.82) is 0 Å². The number of pyridine rings is 1. The van der Waals surface area contributed by atoms with Crippen LogP contribution in [0.15, 0.2) is 54.9 Å². The fourth-order valence-electron chi connectivity index (χ4n) is 2.75. The normalized spacial score (nSPS) is 11.8. The molecule has 134 valence electrons. The summed E-state index contributed by atoms with van der Waals surface area (Å²) in [6.07, 6.45) is -1.08. The SMILES string of the molecule is CC(C)c1cc(C(F)(F)F)ccc1NC(=O)c1ccc2cnccc2c1. The molecule has 0 saturated carbocycles. The van der Waals surface area contributed by atoms with Gasteiger partial charge >= 0.3 is 6.18 Å². The average molecular weight is 358 g/mol. The molecule has 6 heteroatoms. The van der Waals surface area contributed by atoms with Gasteiger partial charge in [-0.05, 0) is 53.3 Å². The smallest absolute Gasteiger partial charge is 0.322 e. The second kappa shape index (κ2) is 6.78. The van der Waals surface area contributed by atoms with E-state index in [-0.39, 0.29) is 11.8 Å². The summed E-state index contributed by atoms with van der Waals surface area (Å²) in [5.74, 6) is -0.541. The van der Waals surface area contributed by atoms with Crippen LogP contribution in [-0.2, 0) is 6.18 Å². The maximum Gasteiger partial charge on any atom is 0.416 e. The third-order valence-electron chi connectivity index (χ3n) is 4.15. The topological polar surface area (TPSA) is 42.0 Å². The summed E-state index contributed by atoms with van der Waals surface area (Å²) < 4.78 is 38.8. The lowest BCUT2D eigenvalue weighted by Gasteiger charge is -2.17. The van der Waals surface area contributed by atoms with Gasteiger partial charge in [-0.1, -0.05) is 19.9 Å². The summed E-state index contributed by atoms with van der Waals surface area (Å²) in [4.78, 5) is 16.6. The van der Waals surface area contributed by atoms with Crippen molar-refractivity contribution >= 4 is 22.4 Å². The maximum atomic E-state index is 12.9. The van der Waals surface area contributed by atoms with Gasteiger partial charge in [0.15, 0.2) is 0 Å². The Labute approximate surface area is 148 Å². The van der Waals surface area contributed by atoms with Gasteiger partial charge in [-0.25, -0.2) is 0 Å². The van der Waals surface area contributed by atoms with Crippen LogP contribution >= 0.6 is 0 Å². The second-order valence-electron chi connectivity index (χ2n) is 6.35. The Morgan fingerprint density at radius 3 is 2.50 bits per heavy atom. The zero-order valence-corrected chi connectivity index (χ0v) is 14.3. The van der Waals surface area contributed by atoms with Crippen molar-refractivity contribution < 1.29 is 18.0 Å². The van der Waals surface area contributed by atoms with Gasteiger partial charge in [0.25, 0.3) is 5.91 Å². The first-order chi connectivity index (χ1) is 12.3. The first-order valence-electron chi connectivity index (χ1n) is 8.12. The summed E-state index contributed by atoms with van der Waals surface area (Å²) in [5, 5.41) is 4.50.